The van der Waals surface area contributed by atoms with Crippen LogP contribution >= 0.6 is 11.8 Å². The van der Waals surface area contributed by atoms with Crippen molar-refractivity contribution in [2.24, 2.45) is 0 Å². The Hall–Kier alpha value is -4.37. The highest BCUT2D eigenvalue weighted by atomic mass is 32.2. The molecule has 0 aliphatic heterocycles. The molecule has 0 unspecified atom stereocenters. The van der Waals surface area contributed by atoms with E-state index in [0.29, 0.717) is 27.6 Å². The smallest absolute Gasteiger partial charge is 0.323 e. The van der Waals surface area contributed by atoms with E-state index >= 15 is 0 Å². The number of para-hydroxylation sites is 1. The van der Waals surface area contributed by atoms with Gasteiger partial charge in [0.25, 0.3) is 0 Å². The van der Waals surface area contributed by atoms with Gasteiger partial charge in [0, 0.05) is 33.9 Å². The first-order valence-electron chi connectivity index (χ1n) is 11.0. The molecule has 0 spiro atoms. The zero-order valence-corrected chi connectivity index (χ0v) is 19.5. The van der Waals surface area contributed by atoms with Crippen LogP contribution in [0.3, 0.4) is 0 Å². The number of H-pyrrole nitrogens is 3. The van der Waals surface area contributed by atoms with Crippen molar-refractivity contribution >= 4 is 39.5 Å². The fraction of sp³-hybridized carbons (Fsp3) is 0.0769. The fourth-order valence-corrected chi connectivity index (χ4v) is 5.06. The van der Waals surface area contributed by atoms with Gasteiger partial charge in [0.1, 0.15) is 0 Å². The Morgan fingerprint density at radius 2 is 1.80 bits per heavy atom. The van der Waals surface area contributed by atoms with Crippen LogP contribution < -0.4 is 5.69 Å². The van der Waals surface area contributed by atoms with E-state index < -0.39 is 0 Å². The first-order valence-corrected chi connectivity index (χ1v) is 12.0. The monoisotopic (exact) mass is 480 g/mol. The summed E-state index contributed by atoms with van der Waals surface area (Å²) in [6.07, 6.45) is 1.94. The number of ketones is 1. The minimum absolute atomic E-state index is 0.0635. The summed E-state index contributed by atoms with van der Waals surface area (Å²) in [6, 6.07) is 21.3. The predicted molar refractivity (Wildman–Crippen MR) is 137 cm³/mol. The Morgan fingerprint density at radius 3 is 2.69 bits per heavy atom. The molecule has 0 saturated heterocycles. The summed E-state index contributed by atoms with van der Waals surface area (Å²) in [5, 5.41) is 10.7. The minimum atomic E-state index is -0.296. The number of benzene rings is 3. The second-order valence-corrected chi connectivity index (χ2v) is 9.22. The number of hydrogen-bond donors (Lipinski definition) is 3. The molecule has 0 atom stereocenters. The van der Waals surface area contributed by atoms with E-state index in [1.54, 1.807) is 18.2 Å². The number of aryl methyl sites for hydroxylation is 1. The summed E-state index contributed by atoms with van der Waals surface area (Å²) in [7, 11) is 0. The zero-order valence-electron chi connectivity index (χ0n) is 18.7. The highest BCUT2D eigenvalue weighted by Crippen LogP contribution is 2.33. The van der Waals surface area contributed by atoms with Gasteiger partial charge in [-0.15, -0.1) is 10.2 Å². The maximum Gasteiger partial charge on any atom is 0.323 e. The number of carbonyl (C=O) groups is 1. The molecule has 35 heavy (non-hydrogen) atoms. The number of thioether (sulfide) groups is 1. The van der Waals surface area contributed by atoms with Crippen molar-refractivity contribution in [1.82, 2.24) is 29.7 Å². The molecular formula is C26H20N6O2S. The second kappa shape index (κ2) is 8.44. The molecule has 0 aliphatic carbocycles. The largest absolute Gasteiger partial charge is 0.360 e. The molecule has 0 radical (unpaired) electrons. The van der Waals surface area contributed by atoms with Gasteiger partial charge in [0.15, 0.2) is 16.8 Å². The molecule has 3 aromatic heterocycles. The molecule has 6 aromatic rings. The molecule has 6 rings (SSSR count). The predicted octanol–water partition coefficient (Wildman–Crippen LogP) is 4.87. The summed E-state index contributed by atoms with van der Waals surface area (Å²) in [5.74, 6) is 0.818. The average molecular weight is 481 g/mol. The molecule has 0 amide bonds. The Bertz CT molecular complexity index is 1770. The lowest BCUT2D eigenvalue weighted by atomic mass is 10.1. The zero-order chi connectivity index (χ0) is 23.9. The number of Topliss-reactive ketones (excluding diaryl/α,β-unsaturated/α-hetero) is 1. The lowest BCUT2D eigenvalue weighted by molar-refractivity contribution is 0.102. The van der Waals surface area contributed by atoms with Crippen molar-refractivity contribution in [1.29, 1.82) is 0 Å². The molecule has 0 aliphatic rings. The third-order valence-corrected chi connectivity index (χ3v) is 6.82. The molecule has 9 heteroatoms. The van der Waals surface area contributed by atoms with Crippen molar-refractivity contribution < 1.29 is 4.79 Å². The van der Waals surface area contributed by atoms with Crippen molar-refractivity contribution in [2.45, 2.75) is 12.1 Å². The SMILES string of the molecule is Cc1cccc(-n2c(SCC(=O)c3ccc4[nH]c(=O)[nH]c4c3)nnc2-c2c[nH]c3ccccc23)c1. The average Bonchev–Trinajstić information content (AvgIpc) is 3.57. The first kappa shape index (κ1) is 21.2. The lowest BCUT2D eigenvalue weighted by Gasteiger charge is -2.11. The van der Waals surface area contributed by atoms with E-state index in [1.165, 1.54) is 11.8 Å². The molecule has 172 valence electrons. The van der Waals surface area contributed by atoms with Gasteiger partial charge < -0.3 is 15.0 Å². The van der Waals surface area contributed by atoms with Gasteiger partial charge in [0.2, 0.25) is 0 Å². The van der Waals surface area contributed by atoms with Gasteiger partial charge in [-0.1, -0.05) is 42.1 Å². The van der Waals surface area contributed by atoms with Crippen LogP contribution in [0, 0.1) is 6.92 Å². The van der Waals surface area contributed by atoms with Crippen molar-refractivity contribution in [3.63, 3.8) is 0 Å². The third kappa shape index (κ3) is 3.85. The van der Waals surface area contributed by atoms with Crippen LogP contribution in [-0.4, -0.2) is 41.3 Å². The van der Waals surface area contributed by atoms with Crippen LogP contribution in [0.4, 0.5) is 0 Å². The van der Waals surface area contributed by atoms with Crippen LogP contribution in [0.5, 0.6) is 0 Å². The Balaban J connectivity index is 1.37. The van der Waals surface area contributed by atoms with E-state index in [9.17, 15) is 9.59 Å². The molecule has 3 heterocycles. The van der Waals surface area contributed by atoms with Crippen LogP contribution in [-0.2, 0) is 0 Å². The number of fused-ring (bicyclic) bond motifs is 2. The van der Waals surface area contributed by atoms with Gasteiger partial charge in [-0.05, 0) is 48.9 Å². The quantitative estimate of drug-likeness (QED) is 0.233. The highest BCUT2D eigenvalue weighted by Gasteiger charge is 2.20. The summed E-state index contributed by atoms with van der Waals surface area (Å²) in [5.41, 5.74) is 5.50. The molecule has 0 fully saturated rings. The van der Waals surface area contributed by atoms with Gasteiger partial charge >= 0.3 is 5.69 Å². The normalized spacial score (nSPS) is 11.5. The molecule has 0 bridgehead atoms. The Kier molecular flexibility index (Phi) is 5.11. The summed E-state index contributed by atoms with van der Waals surface area (Å²) < 4.78 is 1.99. The number of aromatic amines is 3. The number of carbonyl (C=O) groups excluding carboxylic acids is 1. The van der Waals surface area contributed by atoms with Gasteiger partial charge in [-0.3, -0.25) is 9.36 Å². The first-order chi connectivity index (χ1) is 17.1. The Morgan fingerprint density at radius 1 is 0.943 bits per heavy atom. The van der Waals surface area contributed by atoms with E-state index in [2.05, 4.69) is 31.2 Å². The Labute approximate surface area is 203 Å². The summed E-state index contributed by atoms with van der Waals surface area (Å²) in [6.45, 7) is 2.04. The number of rotatable bonds is 6. The van der Waals surface area contributed by atoms with E-state index in [-0.39, 0.29) is 17.2 Å². The maximum atomic E-state index is 13.0. The van der Waals surface area contributed by atoms with Crippen LogP contribution in [0.25, 0.3) is 39.0 Å². The van der Waals surface area contributed by atoms with E-state index in [1.807, 2.05) is 60.2 Å². The van der Waals surface area contributed by atoms with Gasteiger partial charge in [-0.2, -0.15) is 0 Å². The summed E-state index contributed by atoms with van der Waals surface area (Å²) >= 11 is 1.33. The second-order valence-electron chi connectivity index (χ2n) is 8.28. The van der Waals surface area contributed by atoms with Crippen molar-refractivity contribution in [3.8, 4) is 17.1 Å². The van der Waals surface area contributed by atoms with E-state index in [0.717, 1.165) is 27.7 Å². The third-order valence-electron chi connectivity index (χ3n) is 5.89. The number of aromatic nitrogens is 6. The molecule has 8 nitrogen and oxygen atoms in total. The topological polar surface area (TPSA) is 112 Å². The lowest BCUT2D eigenvalue weighted by Crippen LogP contribution is -2.05. The van der Waals surface area contributed by atoms with Crippen molar-refractivity contribution in [3.05, 3.63) is 94.5 Å². The number of hydrogen-bond acceptors (Lipinski definition) is 5. The van der Waals surface area contributed by atoms with Crippen LogP contribution in [0.1, 0.15) is 15.9 Å². The van der Waals surface area contributed by atoms with Gasteiger partial charge in [0.05, 0.1) is 16.8 Å². The molecular weight excluding hydrogens is 460 g/mol. The number of imidazole rings is 1. The van der Waals surface area contributed by atoms with E-state index in [4.69, 9.17) is 0 Å². The van der Waals surface area contributed by atoms with Crippen molar-refractivity contribution in [2.75, 3.05) is 5.75 Å². The highest BCUT2D eigenvalue weighted by molar-refractivity contribution is 7.99. The fourth-order valence-electron chi connectivity index (χ4n) is 4.21. The molecule has 0 saturated carbocycles. The van der Waals surface area contributed by atoms with Crippen LogP contribution in [0.15, 0.2) is 82.9 Å². The standard InChI is InChI=1S/C26H20N6O2S/c1-15-5-4-6-17(11-15)32-24(19-13-27-20-8-3-2-7-18(19)20)30-31-26(32)35-14-23(33)16-9-10-21-22(12-16)29-25(34)28-21/h2-13,27H,14H2,1H3,(H2,28,29,34). The minimum Gasteiger partial charge on any atom is -0.360 e. The summed E-state index contributed by atoms with van der Waals surface area (Å²) in [4.78, 5) is 33.2. The number of nitrogens with one attached hydrogen (secondary N) is 3. The number of nitrogens with zero attached hydrogens (tertiary/aromatic N) is 3. The van der Waals surface area contributed by atoms with Gasteiger partial charge in [-0.25, -0.2) is 4.79 Å². The maximum absolute atomic E-state index is 13.0. The molecule has 3 aromatic carbocycles. The molecule has 3 N–H and O–H groups in total. The van der Waals surface area contributed by atoms with Crippen LogP contribution in [0.2, 0.25) is 0 Å².